The van der Waals surface area contributed by atoms with Crippen LogP contribution in [-0.4, -0.2) is 25.0 Å². The first-order valence-electron chi connectivity index (χ1n) is 5.88. The van der Waals surface area contributed by atoms with Gasteiger partial charge in [-0.05, 0) is 24.9 Å². The number of hydrogen-bond donors (Lipinski definition) is 2. The number of amides is 1. The van der Waals surface area contributed by atoms with Gasteiger partial charge >= 0.3 is 0 Å². The molecule has 2 N–H and O–H groups in total. The van der Waals surface area contributed by atoms with Crippen LogP contribution >= 0.6 is 0 Å². The standard InChI is InChI=1S/C13H18N2O/c16-13(9-11-5-2-1-3-6-11)15-10-12-7-4-8-14-12/h1-3,5-6,12,14H,4,7-10H2,(H,15,16). The molecule has 86 valence electrons. The quantitative estimate of drug-likeness (QED) is 0.794. The third kappa shape index (κ3) is 3.35. The van der Waals surface area contributed by atoms with Crippen molar-refractivity contribution in [3.8, 4) is 0 Å². The summed E-state index contributed by atoms with van der Waals surface area (Å²) in [5, 5.41) is 6.33. The first-order valence-corrected chi connectivity index (χ1v) is 5.88. The SMILES string of the molecule is O=C(Cc1ccccc1)NCC1CCCN1. The maximum atomic E-state index is 11.6. The molecule has 1 amide bonds. The van der Waals surface area contributed by atoms with E-state index in [1.165, 1.54) is 12.8 Å². The smallest absolute Gasteiger partial charge is 0.224 e. The van der Waals surface area contributed by atoms with Crippen LogP contribution in [0.1, 0.15) is 18.4 Å². The Morgan fingerprint density at radius 2 is 2.19 bits per heavy atom. The van der Waals surface area contributed by atoms with Gasteiger partial charge < -0.3 is 10.6 Å². The molecule has 0 bridgehead atoms. The Bertz CT molecular complexity index is 331. The third-order valence-electron chi connectivity index (χ3n) is 2.92. The highest BCUT2D eigenvalue weighted by Gasteiger charge is 2.14. The summed E-state index contributed by atoms with van der Waals surface area (Å²) in [6, 6.07) is 10.3. The molecule has 0 saturated carbocycles. The van der Waals surface area contributed by atoms with Gasteiger partial charge in [0, 0.05) is 12.6 Å². The Kier molecular flexibility index (Phi) is 3.94. The zero-order valence-electron chi connectivity index (χ0n) is 9.41. The van der Waals surface area contributed by atoms with Crippen molar-refractivity contribution in [2.75, 3.05) is 13.1 Å². The lowest BCUT2D eigenvalue weighted by molar-refractivity contribution is -0.120. The lowest BCUT2D eigenvalue weighted by Gasteiger charge is -2.11. The normalized spacial score (nSPS) is 19.6. The van der Waals surface area contributed by atoms with Crippen LogP contribution in [0.3, 0.4) is 0 Å². The van der Waals surface area contributed by atoms with E-state index in [0.717, 1.165) is 18.7 Å². The van der Waals surface area contributed by atoms with Crippen LogP contribution in [0.15, 0.2) is 30.3 Å². The van der Waals surface area contributed by atoms with Crippen molar-refractivity contribution in [2.24, 2.45) is 0 Å². The van der Waals surface area contributed by atoms with Crippen molar-refractivity contribution < 1.29 is 4.79 Å². The van der Waals surface area contributed by atoms with Crippen LogP contribution in [0, 0.1) is 0 Å². The van der Waals surface area contributed by atoms with Gasteiger partial charge in [-0.25, -0.2) is 0 Å². The van der Waals surface area contributed by atoms with E-state index in [9.17, 15) is 4.79 Å². The predicted molar refractivity (Wildman–Crippen MR) is 64.2 cm³/mol. The van der Waals surface area contributed by atoms with Gasteiger partial charge in [-0.1, -0.05) is 30.3 Å². The van der Waals surface area contributed by atoms with Crippen LogP contribution in [0.4, 0.5) is 0 Å². The number of benzene rings is 1. The minimum atomic E-state index is 0.111. The van der Waals surface area contributed by atoms with Gasteiger partial charge in [-0.2, -0.15) is 0 Å². The average Bonchev–Trinajstić information content (AvgIpc) is 2.81. The first kappa shape index (κ1) is 11.1. The monoisotopic (exact) mass is 218 g/mol. The number of nitrogens with one attached hydrogen (secondary N) is 2. The summed E-state index contributed by atoms with van der Waals surface area (Å²) in [5.41, 5.74) is 1.07. The molecule has 1 aliphatic heterocycles. The zero-order chi connectivity index (χ0) is 11.2. The van der Waals surface area contributed by atoms with Crippen molar-refractivity contribution in [2.45, 2.75) is 25.3 Å². The molecule has 2 rings (SSSR count). The highest BCUT2D eigenvalue weighted by molar-refractivity contribution is 5.78. The lowest BCUT2D eigenvalue weighted by atomic mass is 10.1. The summed E-state index contributed by atoms with van der Waals surface area (Å²) in [5.74, 6) is 0.111. The fourth-order valence-electron chi connectivity index (χ4n) is 2.01. The minimum absolute atomic E-state index is 0.111. The van der Waals surface area contributed by atoms with Crippen LogP contribution in [0.25, 0.3) is 0 Å². The highest BCUT2D eigenvalue weighted by Crippen LogP contribution is 2.03. The molecule has 1 unspecified atom stereocenters. The van der Waals surface area contributed by atoms with Gasteiger partial charge in [-0.15, -0.1) is 0 Å². The summed E-state index contributed by atoms with van der Waals surface area (Å²) in [4.78, 5) is 11.6. The maximum absolute atomic E-state index is 11.6. The van der Waals surface area contributed by atoms with E-state index in [-0.39, 0.29) is 5.91 Å². The van der Waals surface area contributed by atoms with Crippen molar-refractivity contribution in [3.05, 3.63) is 35.9 Å². The van der Waals surface area contributed by atoms with Gasteiger partial charge in [0.05, 0.1) is 6.42 Å². The molecular weight excluding hydrogens is 200 g/mol. The molecule has 1 heterocycles. The van der Waals surface area contributed by atoms with E-state index in [1.807, 2.05) is 30.3 Å². The summed E-state index contributed by atoms with van der Waals surface area (Å²) in [7, 11) is 0. The van der Waals surface area contributed by atoms with Crippen LogP contribution in [0.2, 0.25) is 0 Å². The van der Waals surface area contributed by atoms with E-state index in [0.29, 0.717) is 12.5 Å². The van der Waals surface area contributed by atoms with Crippen LogP contribution < -0.4 is 10.6 Å². The molecule has 0 aromatic heterocycles. The molecule has 16 heavy (non-hydrogen) atoms. The van der Waals surface area contributed by atoms with Crippen molar-refractivity contribution in [3.63, 3.8) is 0 Å². The van der Waals surface area contributed by atoms with Gasteiger partial charge in [-0.3, -0.25) is 4.79 Å². The van der Waals surface area contributed by atoms with Gasteiger partial charge in [0.15, 0.2) is 0 Å². The number of hydrogen-bond acceptors (Lipinski definition) is 2. The first-order chi connectivity index (χ1) is 7.84. The van der Waals surface area contributed by atoms with Crippen LogP contribution in [0.5, 0.6) is 0 Å². The predicted octanol–water partition coefficient (Wildman–Crippen LogP) is 1.10. The van der Waals surface area contributed by atoms with Gasteiger partial charge in [0.1, 0.15) is 0 Å². The third-order valence-corrected chi connectivity index (χ3v) is 2.92. The highest BCUT2D eigenvalue weighted by atomic mass is 16.1. The van der Waals surface area contributed by atoms with Gasteiger partial charge in [0.25, 0.3) is 0 Å². The maximum Gasteiger partial charge on any atom is 0.224 e. The molecule has 0 spiro atoms. The lowest BCUT2D eigenvalue weighted by Crippen LogP contribution is -2.37. The molecule has 3 nitrogen and oxygen atoms in total. The average molecular weight is 218 g/mol. The second-order valence-corrected chi connectivity index (χ2v) is 4.26. The number of carbonyl (C=O) groups excluding carboxylic acids is 1. The summed E-state index contributed by atoms with van der Waals surface area (Å²) >= 11 is 0. The molecule has 1 saturated heterocycles. The van der Waals surface area contributed by atoms with Crippen molar-refractivity contribution in [1.82, 2.24) is 10.6 Å². The van der Waals surface area contributed by atoms with E-state index in [2.05, 4.69) is 10.6 Å². The fraction of sp³-hybridized carbons (Fsp3) is 0.462. The zero-order valence-corrected chi connectivity index (χ0v) is 9.41. The molecule has 3 heteroatoms. The molecule has 1 atom stereocenters. The second kappa shape index (κ2) is 5.66. The Hall–Kier alpha value is -1.35. The molecule has 0 aliphatic carbocycles. The number of rotatable bonds is 4. The topological polar surface area (TPSA) is 41.1 Å². The van der Waals surface area contributed by atoms with Crippen molar-refractivity contribution in [1.29, 1.82) is 0 Å². The molecule has 1 aromatic rings. The minimum Gasteiger partial charge on any atom is -0.354 e. The summed E-state index contributed by atoms with van der Waals surface area (Å²) in [6.07, 6.45) is 2.87. The summed E-state index contributed by atoms with van der Waals surface area (Å²) in [6.45, 7) is 1.84. The Morgan fingerprint density at radius 1 is 1.38 bits per heavy atom. The molecule has 1 fully saturated rings. The molecule has 1 aromatic carbocycles. The van der Waals surface area contributed by atoms with Crippen LogP contribution in [-0.2, 0) is 11.2 Å². The summed E-state index contributed by atoms with van der Waals surface area (Å²) < 4.78 is 0. The second-order valence-electron chi connectivity index (χ2n) is 4.26. The molecule has 1 aliphatic rings. The Labute approximate surface area is 96.2 Å². The van der Waals surface area contributed by atoms with E-state index in [4.69, 9.17) is 0 Å². The van der Waals surface area contributed by atoms with Crippen molar-refractivity contribution >= 4 is 5.91 Å². The molecular formula is C13H18N2O. The fourth-order valence-corrected chi connectivity index (χ4v) is 2.01. The Balaban J connectivity index is 1.72. The number of carbonyl (C=O) groups is 1. The molecule has 0 radical (unpaired) electrons. The van der Waals surface area contributed by atoms with E-state index in [1.54, 1.807) is 0 Å². The largest absolute Gasteiger partial charge is 0.354 e. The van der Waals surface area contributed by atoms with E-state index >= 15 is 0 Å². The van der Waals surface area contributed by atoms with E-state index < -0.39 is 0 Å². The Morgan fingerprint density at radius 3 is 2.88 bits per heavy atom. The van der Waals surface area contributed by atoms with Gasteiger partial charge in [0.2, 0.25) is 5.91 Å².